The molecule has 0 spiro atoms. The zero-order valence-corrected chi connectivity index (χ0v) is 14.8. The second-order valence-electron chi connectivity index (χ2n) is 5.86. The largest absolute Gasteiger partial charge is 0.518 e. The number of hydrogen-bond donors (Lipinski definition) is 0. The summed E-state index contributed by atoms with van der Waals surface area (Å²) in [4.78, 5) is 12.1. The highest BCUT2D eigenvalue weighted by molar-refractivity contribution is 6.79. The van der Waals surface area contributed by atoms with Crippen molar-refractivity contribution < 1.29 is 9.22 Å². The molecule has 0 fully saturated rings. The van der Waals surface area contributed by atoms with E-state index < -0.39 is 8.32 Å². The van der Waals surface area contributed by atoms with Crippen LogP contribution in [0.3, 0.4) is 0 Å². The molecule has 3 atom stereocenters. The normalized spacial score (nSPS) is 19.3. The molecule has 3 heteroatoms. The van der Waals surface area contributed by atoms with Crippen molar-refractivity contribution >= 4 is 14.3 Å². The van der Waals surface area contributed by atoms with E-state index in [0.717, 1.165) is 19.3 Å². The Morgan fingerprint density at radius 1 is 1.00 bits per heavy atom. The van der Waals surface area contributed by atoms with Gasteiger partial charge in [-0.3, -0.25) is 4.79 Å². The number of rotatable bonds is 9. The van der Waals surface area contributed by atoms with Crippen LogP contribution in [0, 0.1) is 6.92 Å². The average Bonchev–Trinajstić information content (AvgIpc) is 2.42. The van der Waals surface area contributed by atoms with Crippen LogP contribution in [0.1, 0.15) is 73.6 Å². The van der Waals surface area contributed by atoms with E-state index in [1.807, 2.05) is 0 Å². The van der Waals surface area contributed by atoms with Crippen molar-refractivity contribution in [2.75, 3.05) is 0 Å². The van der Waals surface area contributed by atoms with Crippen LogP contribution in [0.25, 0.3) is 0 Å². The van der Waals surface area contributed by atoms with Gasteiger partial charge < -0.3 is 4.43 Å². The molecule has 0 aromatic carbocycles. The highest BCUT2D eigenvalue weighted by atomic mass is 28.4. The van der Waals surface area contributed by atoms with Crippen LogP contribution in [0.4, 0.5) is 0 Å². The molecule has 2 nitrogen and oxygen atoms in total. The summed E-state index contributed by atoms with van der Waals surface area (Å²) in [7, 11) is -2.08. The fraction of sp³-hybridized carbons (Fsp3) is 0.875. The summed E-state index contributed by atoms with van der Waals surface area (Å²) in [5.41, 5.74) is 1.56. The van der Waals surface area contributed by atoms with Gasteiger partial charge in [-0.2, -0.15) is 0 Å². The Morgan fingerprint density at radius 2 is 1.37 bits per heavy atom. The molecule has 0 rings (SSSR count). The minimum absolute atomic E-state index is 0.0254. The second kappa shape index (κ2) is 8.78. The molecule has 0 aromatic rings. The van der Waals surface area contributed by atoms with Crippen LogP contribution in [0.2, 0.25) is 16.6 Å². The predicted molar refractivity (Wildman–Crippen MR) is 85.6 cm³/mol. The molecule has 113 valence electrons. The molecule has 0 saturated carbocycles. The third kappa shape index (κ3) is 4.33. The lowest BCUT2D eigenvalue weighted by atomic mass is 10.3. The molecule has 0 aliphatic heterocycles. The van der Waals surface area contributed by atoms with Gasteiger partial charge in [-0.15, -0.1) is 0 Å². The second-order valence-corrected chi connectivity index (χ2v) is 10.7. The van der Waals surface area contributed by atoms with E-state index in [1.165, 1.54) is 0 Å². The Morgan fingerprint density at radius 3 is 1.63 bits per heavy atom. The van der Waals surface area contributed by atoms with E-state index in [9.17, 15) is 4.79 Å². The van der Waals surface area contributed by atoms with Gasteiger partial charge >= 0.3 is 0 Å². The molecule has 0 saturated heterocycles. The molecular formula is C16H33O2Si. The highest BCUT2D eigenvalue weighted by Gasteiger charge is 2.51. The molecule has 0 bridgehead atoms. The summed E-state index contributed by atoms with van der Waals surface area (Å²) in [6, 6.07) is 0. The van der Waals surface area contributed by atoms with Gasteiger partial charge in [0.15, 0.2) is 0 Å². The lowest BCUT2D eigenvalue weighted by molar-refractivity contribution is -0.135. The van der Waals surface area contributed by atoms with Gasteiger partial charge in [0, 0.05) is 6.42 Å². The van der Waals surface area contributed by atoms with Crippen LogP contribution in [0.5, 0.6) is 0 Å². The highest BCUT2D eigenvalue weighted by Crippen LogP contribution is 2.47. The van der Waals surface area contributed by atoms with Crippen molar-refractivity contribution in [3.05, 3.63) is 6.92 Å². The lowest BCUT2D eigenvalue weighted by Crippen LogP contribution is -2.51. The smallest absolute Gasteiger partial charge is 0.292 e. The van der Waals surface area contributed by atoms with Gasteiger partial charge in [0.05, 0.1) is 0 Å². The Kier molecular flexibility index (Phi) is 8.63. The topological polar surface area (TPSA) is 26.3 Å². The molecule has 3 unspecified atom stereocenters. The van der Waals surface area contributed by atoms with Crippen LogP contribution < -0.4 is 0 Å². The first kappa shape index (κ1) is 18.7. The Hall–Kier alpha value is -0.313. The van der Waals surface area contributed by atoms with Crippen molar-refractivity contribution in [1.29, 1.82) is 0 Å². The summed E-state index contributed by atoms with van der Waals surface area (Å²) in [6.07, 6.45) is 4.37. The minimum atomic E-state index is -2.08. The van der Waals surface area contributed by atoms with E-state index in [0.29, 0.717) is 29.5 Å². The number of carbonyl (C=O) groups excluding carboxylic acids is 1. The van der Waals surface area contributed by atoms with Gasteiger partial charge in [-0.1, -0.05) is 67.7 Å². The number of carbonyl (C=O) groups is 1. The van der Waals surface area contributed by atoms with Crippen LogP contribution >= 0.6 is 0 Å². The van der Waals surface area contributed by atoms with Gasteiger partial charge in [0.1, 0.15) is 0 Å². The van der Waals surface area contributed by atoms with Gasteiger partial charge in [0.2, 0.25) is 0 Å². The molecule has 19 heavy (non-hydrogen) atoms. The van der Waals surface area contributed by atoms with E-state index in [2.05, 4.69) is 48.5 Å². The molecular weight excluding hydrogens is 252 g/mol. The van der Waals surface area contributed by atoms with Gasteiger partial charge in [0.25, 0.3) is 14.3 Å². The molecule has 0 aliphatic carbocycles. The first-order chi connectivity index (χ1) is 8.90. The maximum Gasteiger partial charge on any atom is 0.292 e. The first-order valence-electron chi connectivity index (χ1n) is 7.91. The fourth-order valence-electron chi connectivity index (χ4n) is 3.11. The Balaban J connectivity index is 5.41. The minimum Gasteiger partial charge on any atom is -0.518 e. The average molecular weight is 286 g/mol. The zero-order chi connectivity index (χ0) is 15.1. The van der Waals surface area contributed by atoms with E-state index in [4.69, 9.17) is 4.43 Å². The van der Waals surface area contributed by atoms with E-state index in [1.54, 1.807) is 0 Å². The first-order valence-corrected chi connectivity index (χ1v) is 10.1. The summed E-state index contributed by atoms with van der Waals surface area (Å²) >= 11 is 0. The van der Waals surface area contributed by atoms with Crippen LogP contribution in [-0.2, 0) is 9.22 Å². The summed E-state index contributed by atoms with van der Waals surface area (Å²) < 4.78 is 6.20. The monoisotopic (exact) mass is 285 g/mol. The van der Waals surface area contributed by atoms with E-state index >= 15 is 0 Å². The standard InChI is InChI=1S/C16H33O2Si/c1-8-12-16(17)18-19(13(5)9-2,14(6)10-3)15(7)11-4/h13-15H,1,8-12H2,2-7H3. The van der Waals surface area contributed by atoms with Crippen molar-refractivity contribution in [2.45, 2.75) is 90.3 Å². The predicted octanol–water partition coefficient (Wildman–Crippen LogP) is 5.49. The quantitative estimate of drug-likeness (QED) is 0.524. The SMILES string of the molecule is [CH2]CCC(=O)O[Si](C(C)CC)(C(C)CC)C(C)CC. The van der Waals surface area contributed by atoms with Crippen molar-refractivity contribution in [3.8, 4) is 0 Å². The molecule has 0 N–H and O–H groups in total. The van der Waals surface area contributed by atoms with Crippen molar-refractivity contribution in [1.82, 2.24) is 0 Å². The lowest BCUT2D eigenvalue weighted by Gasteiger charge is -2.44. The van der Waals surface area contributed by atoms with Gasteiger partial charge in [-0.05, 0) is 23.0 Å². The zero-order valence-electron chi connectivity index (χ0n) is 13.8. The Labute approximate surface area is 121 Å². The fourth-order valence-corrected chi connectivity index (χ4v) is 9.04. The molecule has 0 aromatic heterocycles. The maximum absolute atomic E-state index is 12.1. The van der Waals surface area contributed by atoms with Crippen molar-refractivity contribution in [2.24, 2.45) is 0 Å². The summed E-state index contributed by atoms with van der Waals surface area (Å²) in [6.45, 7) is 17.2. The van der Waals surface area contributed by atoms with Gasteiger partial charge in [-0.25, -0.2) is 0 Å². The summed E-state index contributed by atoms with van der Waals surface area (Å²) in [5, 5.41) is 0. The maximum atomic E-state index is 12.1. The molecule has 1 radical (unpaired) electrons. The van der Waals surface area contributed by atoms with Crippen molar-refractivity contribution in [3.63, 3.8) is 0 Å². The third-order valence-corrected chi connectivity index (χ3v) is 11.2. The Bertz CT molecular complexity index is 239. The molecule has 0 amide bonds. The third-order valence-electron chi connectivity index (χ3n) is 4.82. The van der Waals surface area contributed by atoms with Crippen LogP contribution in [0.15, 0.2) is 0 Å². The van der Waals surface area contributed by atoms with E-state index in [-0.39, 0.29) is 5.97 Å². The summed E-state index contributed by atoms with van der Waals surface area (Å²) in [5.74, 6) is -0.0254. The molecule has 0 heterocycles. The number of hydrogen-bond acceptors (Lipinski definition) is 2. The molecule has 0 aliphatic rings. The van der Waals surface area contributed by atoms with Crippen LogP contribution in [-0.4, -0.2) is 14.3 Å².